The van der Waals surface area contributed by atoms with Crippen molar-refractivity contribution in [1.29, 1.82) is 0 Å². The minimum atomic E-state index is -3.70. The van der Waals surface area contributed by atoms with Crippen LogP contribution in [0.15, 0.2) is 48.7 Å². The number of nitrogens with one attached hydrogen (secondary N) is 1. The second-order valence-electron chi connectivity index (χ2n) is 8.76. The van der Waals surface area contributed by atoms with E-state index in [1.54, 1.807) is 12.0 Å². The Labute approximate surface area is 190 Å². The molecular formula is C25H26F4N2O2. The average molecular weight is 462 g/mol. The maximum Gasteiger partial charge on any atom is 0.314 e. The SMILES string of the molecule is C=C(N1[C@@H]2CC[C@H]1CC(OC)C2)C(F)(F)c1cc(C(=O)Nc2ccc(F)c(C)c2)ccc1F. The van der Waals surface area contributed by atoms with Crippen LogP contribution < -0.4 is 5.32 Å². The molecule has 2 aromatic carbocycles. The number of anilines is 1. The van der Waals surface area contributed by atoms with E-state index in [0.29, 0.717) is 24.1 Å². The summed E-state index contributed by atoms with van der Waals surface area (Å²) in [5, 5.41) is 2.53. The molecule has 1 unspecified atom stereocenters. The number of aryl methyl sites for hydroxylation is 1. The van der Waals surface area contributed by atoms with Crippen LogP contribution in [0, 0.1) is 18.6 Å². The topological polar surface area (TPSA) is 41.6 Å². The molecule has 0 spiro atoms. The van der Waals surface area contributed by atoms with Gasteiger partial charge >= 0.3 is 5.92 Å². The molecule has 2 saturated heterocycles. The van der Waals surface area contributed by atoms with Gasteiger partial charge in [0.15, 0.2) is 0 Å². The summed E-state index contributed by atoms with van der Waals surface area (Å²) in [7, 11) is 1.61. The lowest BCUT2D eigenvalue weighted by Crippen LogP contribution is -2.47. The van der Waals surface area contributed by atoms with E-state index in [9.17, 15) is 13.6 Å². The molecule has 33 heavy (non-hydrogen) atoms. The predicted molar refractivity (Wildman–Crippen MR) is 117 cm³/mol. The van der Waals surface area contributed by atoms with E-state index in [4.69, 9.17) is 4.74 Å². The second kappa shape index (κ2) is 8.82. The first-order chi connectivity index (χ1) is 15.6. The highest BCUT2D eigenvalue weighted by Crippen LogP contribution is 2.46. The molecule has 0 saturated carbocycles. The Balaban J connectivity index is 1.58. The Morgan fingerprint density at radius 1 is 1.09 bits per heavy atom. The Morgan fingerprint density at radius 3 is 2.33 bits per heavy atom. The Hall–Kier alpha value is -2.87. The van der Waals surface area contributed by atoms with Crippen molar-refractivity contribution in [3.63, 3.8) is 0 Å². The smallest absolute Gasteiger partial charge is 0.314 e. The van der Waals surface area contributed by atoms with E-state index in [2.05, 4.69) is 11.9 Å². The number of carbonyl (C=O) groups excluding carboxylic acids is 1. The molecule has 0 aliphatic carbocycles. The van der Waals surface area contributed by atoms with Crippen molar-refractivity contribution in [3.8, 4) is 0 Å². The first-order valence-electron chi connectivity index (χ1n) is 10.9. The highest BCUT2D eigenvalue weighted by atomic mass is 19.3. The van der Waals surface area contributed by atoms with E-state index in [0.717, 1.165) is 31.0 Å². The van der Waals surface area contributed by atoms with Crippen LogP contribution in [-0.2, 0) is 10.7 Å². The van der Waals surface area contributed by atoms with Crippen LogP contribution in [0.25, 0.3) is 0 Å². The summed E-state index contributed by atoms with van der Waals surface area (Å²) >= 11 is 0. The fraction of sp³-hybridized carbons (Fsp3) is 0.400. The number of carbonyl (C=O) groups is 1. The molecule has 4 rings (SSSR count). The first kappa shape index (κ1) is 23.3. The number of benzene rings is 2. The van der Waals surface area contributed by atoms with Crippen molar-refractivity contribution in [2.45, 2.75) is 56.7 Å². The predicted octanol–water partition coefficient (Wildman–Crippen LogP) is 5.77. The largest absolute Gasteiger partial charge is 0.381 e. The van der Waals surface area contributed by atoms with Gasteiger partial charge in [0.2, 0.25) is 0 Å². The molecule has 2 fully saturated rings. The van der Waals surface area contributed by atoms with Gasteiger partial charge in [0.05, 0.1) is 17.4 Å². The lowest BCUT2D eigenvalue weighted by molar-refractivity contribution is -0.0357. The van der Waals surface area contributed by atoms with Crippen LogP contribution in [0.1, 0.15) is 47.2 Å². The van der Waals surface area contributed by atoms with Gasteiger partial charge in [-0.3, -0.25) is 4.79 Å². The van der Waals surface area contributed by atoms with Crippen LogP contribution in [0.4, 0.5) is 23.2 Å². The molecule has 2 bridgehead atoms. The number of halogens is 4. The second-order valence-corrected chi connectivity index (χ2v) is 8.76. The van der Waals surface area contributed by atoms with Crippen molar-refractivity contribution >= 4 is 11.6 Å². The van der Waals surface area contributed by atoms with Crippen molar-refractivity contribution in [2.75, 3.05) is 12.4 Å². The number of hydrogen-bond acceptors (Lipinski definition) is 3. The molecule has 0 aromatic heterocycles. The Kier molecular flexibility index (Phi) is 6.22. The third-order valence-corrected chi connectivity index (χ3v) is 6.68. The zero-order chi connectivity index (χ0) is 23.9. The van der Waals surface area contributed by atoms with Crippen molar-refractivity contribution in [3.05, 3.63) is 77.0 Å². The van der Waals surface area contributed by atoms with Crippen LogP contribution in [0.2, 0.25) is 0 Å². The highest BCUT2D eigenvalue weighted by Gasteiger charge is 2.49. The minimum absolute atomic E-state index is 0.0130. The van der Waals surface area contributed by atoms with E-state index in [-0.39, 0.29) is 23.8 Å². The summed E-state index contributed by atoms with van der Waals surface area (Å²) in [5.41, 5.74) is -0.873. The number of nitrogens with zero attached hydrogens (tertiary/aromatic N) is 1. The molecule has 1 amide bonds. The molecule has 0 radical (unpaired) electrons. The maximum atomic E-state index is 15.5. The van der Waals surface area contributed by atoms with E-state index < -0.39 is 34.7 Å². The summed E-state index contributed by atoms with van der Waals surface area (Å²) in [6.07, 6.45) is 2.75. The van der Waals surface area contributed by atoms with Gasteiger partial charge in [-0.15, -0.1) is 0 Å². The van der Waals surface area contributed by atoms with E-state index >= 15 is 8.78 Å². The molecule has 8 heteroatoms. The minimum Gasteiger partial charge on any atom is -0.381 e. The molecule has 4 nitrogen and oxygen atoms in total. The van der Waals surface area contributed by atoms with Crippen LogP contribution in [0.3, 0.4) is 0 Å². The van der Waals surface area contributed by atoms with E-state index in [1.165, 1.54) is 25.1 Å². The van der Waals surface area contributed by atoms with Crippen molar-refractivity contribution in [1.82, 2.24) is 4.90 Å². The number of piperidine rings is 1. The van der Waals surface area contributed by atoms with E-state index in [1.807, 2.05) is 0 Å². The molecule has 3 atom stereocenters. The normalized spacial score (nSPS) is 22.4. The first-order valence-corrected chi connectivity index (χ1v) is 10.9. The number of hydrogen-bond donors (Lipinski definition) is 1. The summed E-state index contributed by atoms with van der Waals surface area (Å²) in [5.74, 6) is -5.95. The fourth-order valence-electron chi connectivity index (χ4n) is 4.91. The van der Waals surface area contributed by atoms with Gasteiger partial charge in [0.1, 0.15) is 11.6 Å². The lowest BCUT2D eigenvalue weighted by atomic mass is 9.95. The standard InChI is InChI=1S/C25H26F4N2O2/c1-14-10-17(5-9-22(14)26)30-24(32)16-4-8-23(27)21(11-16)25(28,29)15(2)31-18-6-7-19(31)13-20(12-18)33-3/h4-5,8-11,18-20H,2,6-7,12-13H2,1,3H3,(H,30,32)/t18-,19+,20?. The monoisotopic (exact) mass is 462 g/mol. The van der Waals surface area contributed by atoms with Crippen molar-refractivity contribution < 1.29 is 27.1 Å². The van der Waals surface area contributed by atoms with Gasteiger partial charge in [-0.25, -0.2) is 8.78 Å². The third-order valence-electron chi connectivity index (χ3n) is 6.68. The lowest BCUT2D eigenvalue weighted by Gasteiger charge is -2.43. The highest BCUT2D eigenvalue weighted by molar-refractivity contribution is 6.04. The zero-order valence-corrected chi connectivity index (χ0v) is 18.5. The van der Waals surface area contributed by atoms with Gasteiger partial charge in [-0.05, 0) is 74.6 Å². The number of fused-ring (bicyclic) bond motifs is 2. The van der Waals surface area contributed by atoms with Gasteiger partial charge in [-0.1, -0.05) is 6.58 Å². The van der Waals surface area contributed by atoms with Gasteiger partial charge in [0, 0.05) is 30.4 Å². The third kappa shape index (κ3) is 4.36. The number of amides is 1. The number of methoxy groups -OCH3 is 1. The number of alkyl halides is 2. The van der Waals surface area contributed by atoms with Gasteiger partial charge < -0.3 is 15.0 Å². The molecule has 1 N–H and O–H groups in total. The fourth-order valence-corrected chi connectivity index (χ4v) is 4.91. The molecular weight excluding hydrogens is 436 g/mol. The molecule has 2 heterocycles. The summed E-state index contributed by atoms with van der Waals surface area (Å²) in [4.78, 5) is 14.3. The van der Waals surface area contributed by atoms with Gasteiger partial charge in [-0.2, -0.15) is 8.78 Å². The summed E-state index contributed by atoms with van der Waals surface area (Å²) < 4.78 is 64.5. The number of rotatable bonds is 6. The van der Waals surface area contributed by atoms with Crippen LogP contribution in [-0.4, -0.2) is 36.1 Å². The van der Waals surface area contributed by atoms with Crippen LogP contribution in [0.5, 0.6) is 0 Å². The molecule has 2 aromatic rings. The number of allylic oxidation sites excluding steroid dienone is 1. The maximum absolute atomic E-state index is 15.5. The Bertz CT molecular complexity index is 1070. The number of ether oxygens (including phenoxy) is 1. The van der Waals surface area contributed by atoms with Crippen LogP contribution >= 0.6 is 0 Å². The zero-order valence-electron chi connectivity index (χ0n) is 18.5. The molecule has 2 aliphatic rings. The summed E-state index contributed by atoms with van der Waals surface area (Å²) in [6, 6.07) is 6.56. The molecule has 2 aliphatic heterocycles. The average Bonchev–Trinajstić information content (AvgIpc) is 3.04. The quantitative estimate of drug-likeness (QED) is 0.554. The van der Waals surface area contributed by atoms with Crippen molar-refractivity contribution in [2.24, 2.45) is 0 Å². The van der Waals surface area contributed by atoms with Gasteiger partial charge in [0.25, 0.3) is 5.91 Å². The Morgan fingerprint density at radius 2 is 1.73 bits per heavy atom. The summed E-state index contributed by atoms with van der Waals surface area (Å²) in [6.45, 7) is 5.19. The molecule has 176 valence electrons.